The van der Waals surface area contributed by atoms with Gasteiger partial charge in [-0.15, -0.1) is 0 Å². The molecule has 4 heteroatoms. The van der Waals surface area contributed by atoms with Crippen LogP contribution in [-0.4, -0.2) is 42.0 Å². The van der Waals surface area contributed by atoms with Gasteiger partial charge in [-0.1, -0.05) is 12.8 Å². The zero-order chi connectivity index (χ0) is 12.3. The van der Waals surface area contributed by atoms with E-state index in [1.165, 1.54) is 25.7 Å². The van der Waals surface area contributed by atoms with Crippen LogP contribution in [0, 0.1) is 0 Å². The van der Waals surface area contributed by atoms with Gasteiger partial charge in [0.15, 0.2) is 0 Å². The maximum atomic E-state index is 11.5. The van der Waals surface area contributed by atoms with Gasteiger partial charge in [0.05, 0.1) is 6.04 Å². The normalized spacial score (nSPS) is 26.0. The molecule has 1 aliphatic heterocycles. The lowest BCUT2D eigenvalue weighted by Crippen LogP contribution is -2.50. The highest BCUT2D eigenvalue weighted by Crippen LogP contribution is 2.26. The van der Waals surface area contributed by atoms with Gasteiger partial charge < -0.3 is 16.0 Å². The molecule has 1 heterocycles. The van der Waals surface area contributed by atoms with E-state index in [4.69, 9.17) is 5.73 Å². The number of likely N-dealkylation sites (tertiary alicyclic amines) is 1. The molecular weight excluding hydrogens is 214 g/mol. The molecule has 0 aromatic carbocycles. The molecule has 1 aliphatic carbocycles. The molecule has 3 N–H and O–H groups in total. The van der Waals surface area contributed by atoms with Gasteiger partial charge in [-0.25, -0.2) is 0 Å². The third-order valence-electron chi connectivity index (χ3n) is 4.13. The number of nitrogens with two attached hydrogens (primary N) is 1. The van der Waals surface area contributed by atoms with Crippen LogP contribution in [0.5, 0.6) is 0 Å². The highest BCUT2D eigenvalue weighted by atomic mass is 16.2. The first-order chi connectivity index (χ1) is 8.16. The van der Waals surface area contributed by atoms with Crippen LogP contribution in [0.2, 0.25) is 0 Å². The Morgan fingerprint density at radius 3 is 2.35 bits per heavy atom. The van der Waals surface area contributed by atoms with E-state index in [2.05, 4.69) is 10.2 Å². The van der Waals surface area contributed by atoms with E-state index in [9.17, 15) is 4.79 Å². The lowest BCUT2D eigenvalue weighted by Gasteiger charge is -2.36. The molecule has 0 unspecified atom stereocenters. The monoisotopic (exact) mass is 239 g/mol. The van der Waals surface area contributed by atoms with Crippen LogP contribution in [-0.2, 0) is 4.79 Å². The Kier molecular flexibility index (Phi) is 4.40. The third-order valence-corrected chi connectivity index (χ3v) is 4.13. The summed E-state index contributed by atoms with van der Waals surface area (Å²) in [4.78, 5) is 14.1. The number of hydrogen-bond donors (Lipinski definition) is 2. The lowest BCUT2D eigenvalue weighted by molar-refractivity contribution is -0.123. The zero-order valence-corrected chi connectivity index (χ0v) is 10.8. The summed E-state index contributed by atoms with van der Waals surface area (Å²) in [5, 5.41) is 3.04. The second-order valence-corrected chi connectivity index (χ2v) is 5.55. The quantitative estimate of drug-likeness (QED) is 0.768. The molecule has 2 aliphatic rings. The van der Waals surface area contributed by atoms with E-state index in [1.54, 1.807) is 6.92 Å². The third kappa shape index (κ3) is 3.42. The number of nitrogens with one attached hydrogen (secondary N) is 1. The van der Waals surface area contributed by atoms with Gasteiger partial charge in [-0.3, -0.25) is 4.79 Å². The number of carbonyl (C=O) groups is 1. The second-order valence-electron chi connectivity index (χ2n) is 5.55. The van der Waals surface area contributed by atoms with Gasteiger partial charge >= 0.3 is 0 Å². The summed E-state index contributed by atoms with van der Waals surface area (Å²) in [6.07, 6.45) is 7.69. The Hall–Kier alpha value is -0.610. The maximum Gasteiger partial charge on any atom is 0.236 e. The molecule has 0 radical (unpaired) electrons. The summed E-state index contributed by atoms with van der Waals surface area (Å²) in [6, 6.07) is 0.772. The van der Waals surface area contributed by atoms with Crippen molar-refractivity contribution in [3.05, 3.63) is 0 Å². The van der Waals surface area contributed by atoms with Gasteiger partial charge in [-0.05, 0) is 32.6 Å². The van der Waals surface area contributed by atoms with Crippen LogP contribution >= 0.6 is 0 Å². The largest absolute Gasteiger partial charge is 0.352 e. The Morgan fingerprint density at radius 2 is 1.82 bits per heavy atom. The maximum absolute atomic E-state index is 11.5. The molecule has 4 nitrogen and oxygen atoms in total. The summed E-state index contributed by atoms with van der Waals surface area (Å²) in [7, 11) is 0. The molecule has 1 amide bonds. The molecule has 0 bridgehead atoms. The highest BCUT2D eigenvalue weighted by Gasteiger charge is 2.27. The van der Waals surface area contributed by atoms with Crippen molar-refractivity contribution in [1.82, 2.24) is 10.2 Å². The van der Waals surface area contributed by atoms with Crippen molar-refractivity contribution in [3.8, 4) is 0 Å². The van der Waals surface area contributed by atoms with Crippen molar-refractivity contribution in [1.29, 1.82) is 0 Å². The molecule has 0 aromatic rings. The van der Waals surface area contributed by atoms with Gasteiger partial charge in [-0.2, -0.15) is 0 Å². The van der Waals surface area contributed by atoms with Gasteiger partial charge in [0.2, 0.25) is 5.91 Å². The first-order valence-corrected chi connectivity index (χ1v) is 6.97. The van der Waals surface area contributed by atoms with Crippen LogP contribution in [0.15, 0.2) is 0 Å². The summed E-state index contributed by atoms with van der Waals surface area (Å²) >= 11 is 0. The molecule has 0 spiro atoms. The average molecular weight is 239 g/mol. The van der Waals surface area contributed by atoms with E-state index >= 15 is 0 Å². The standard InChI is InChI=1S/C13H25N3O/c1-10(14)13(17)15-11-6-8-16(9-7-11)12-4-2-3-5-12/h10-12H,2-9,14H2,1H3,(H,15,17)/t10-/m1/s1. The minimum Gasteiger partial charge on any atom is -0.352 e. The topological polar surface area (TPSA) is 58.4 Å². The van der Waals surface area contributed by atoms with Crippen LogP contribution in [0.3, 0.4) is 0 Å². The molecular formula is C13H25N3O. The minimum atomic E-state index is -0.386. The number of amides is 1. The summed E-state index contributed by atoms with van der Waals surface area (Å²) in [6.45, 7) is 4.01. The predicted molar refractivity (Wildman–Crippen MR) is 68.6 cm³/mol. The number of nitrogens with zero attached hydrogens (tertiary/aromatic N) is 1. The van der Waals surface area contributed by atoms with Gasteiger partial charge in [0, 0.05) is 25.2 Å². The Morgan fingerprint density at radius 1 is 1.24 bits per heavy atom. The fourth-order valence-electron chi connectivity index (χ4n) is 3.01. The fourth-order valence-corrected chi connectivity index (χ4v) is 3.01. The van der Waals surface area contributed by atoms with Crippen molar-refractivity contribution in [2.45, 2.75) is 63.6 Å². The van der Waals surface area contributed by atoms with Gasteiger partial charge in [0.1, 0.15) is 0 Å². The van der Waals surface area contributed by atoms with Gasteiger partial charge in [0.25, 0.3) is 0 Å². The van der Waals surface area contributed by atoms with E-state index in [0.29, 0.717) is 6.04 Å². The van der Waals surface area contributed by atoms with Crippen LogP contribution in [0.25, 0.3) is 0 Å². The second kappa shape index (κ2) is 5.83. The number of piperidine rings is 1. The zero-order valence-electron chi connectivity index (χ0n) is 10.8. The van der Waals surface area contributed by atoms with Crippen molar-refractivity contribution in [2.75, 3.05) is 13.1 Å². The number of hydrogen-bond acceptors (Lipinski definition) is 3. The average Bonchev–Trinajstić information content (AvgIpc) is 2.83. The molecule has 1 saturated heterocycles. The first-order valence-electron chi connectivity index (χ1n) is 6.97. The van der Waals surface area contributed by atoms with Crippen molar-refractivity contribution in [2.24, 2.45) is 5.73 Å². The Balaban J connectivity index is 1.72. The van der Waals surface area contributed by atoms with E-state index in [-0.39, 0.29) is 11.9 Å². The lowest BCUT2D eigenvalue weighted by atomic mass is 10.0. The molecule has 2 fully saturated rings. The summed E-state index contributed by atoms with van der Waals surface area (Å²) in [5.41, 5.74) is 5.56. The smallest absolute Gasteiger partial charge is 0.236 e. The molecule has 0 aromatic heterocycles. The van der Waals surface area contributed by atoms with Crippen LogP contribution < -0.4 is 11.1 Å². The van der Waals surface area contributed by atoms with Crippen LogP contribution in [0.1, 0.15) is 45.4 Å². The number of rotatable bonds is 3. The molecule has 17 heavy (non-hydrogen) atoms. The predicted octanol–water partition coefficient (Wildman–Crippen LogP) is 0.857. The van der Waals surface area contributed by atoms with E-state index in [0.717, 1.165) is 32.0 Å². The van der Waals surface area contributed by atoms with Crippen molar-refractivity contribution in [3.63, 3.8) is 0 Å². The van der Waals surface area contributed by atoms with Crippen molar-refractivity contribution < 1.29 is 4.79 Å². The number of carbonyl (C=O) groups excluding carboxylic acids is 1. The SMILES string of the molecule is C[C@@H](N)C(=O)NC1CCN(C2CCCC2)CC1. The van der Waals surface area contributed by atoms with Crippen LogP contribution in [0.4, 0.5) is 0 Å². The minimum absolute atomic E-state index is 0.00989. The Bertz CT molecular complexity index is 253. The first kappa shape index (κ1) is 12.8. The van der Waals surface area contributed by atoms with Crippen molar-refractivity contribution >= 4 is 5.91 Å². The van der Waals surface area contributed by atoms with E-state index < -0.39 is 0 Å². The molecule has 1 saturated carbocycles. The molecule has 2 rings (SSSR count). The summed E-state index contributed by atoms with van der Waals surface area (Å²) < 4.78 is 0. The molecule has 98 valence electrons. The molecule has 1 atom stereocenters. The van der Waals surface area contributed by atoms with E-state index in [1.807, 2.05) is 0 Å². The Labute approximate surface area is 104 Å². The fraction of sp³-hybridized carbons (Fsp3) is 0.923. The highest BCUT2D eigenvalue weighted by molar-refractivity contribution is 5.81. The summed E-state index contributed by atoms with van der Waals surface area (Å²) in [5.74, 6) is -0.00989.